The number of carbonyl (C=O) groups excluding carboxylic acids is 1. The number of piperidine rings is 2. The topological polar surface area (TPSA) is 89.7 Å². The number of amides is 1. The minimum absolute atomic E-state index is 0.118. The highest BCUT2D eigenvalue weighted by Gasteiger charge is 2.45. The van der Waals surface area contributed by atoms with Gasteiger partial charge in [-0.3, -0.25) is 0 Å². The average molecular weight is 529 g/mol. The quantitative estimate of drug-likeness (QED) is 0.492. The number of ether oxygens (including phenoxy) is 2. The Morgan fingerprint density at radius 3 is 2.34 bits per heavy atom. The summed E-state index contributed by atoms with van der Waals surface area (Å²) in [5, 5.41) is 8.60. The van der Waals surface area contributed by atoms with Gasteiger partial charge in [-0.2, -0.15) is 4.98 Å². The Morgan fingerprint density at radius 1 is 0.974 bits per heavy atom. The maximum absolute atomic E-state index is 12.5. The van der Waals surface area contributed by atoms with Crippen molar-refractivity contribution in [3.8, 4) is 0 Å². The first-order valence-corrected chi connectivity index (χ1v) is 15.7. The van der Waals surface area contributed by atoms with Gasteiger partial charge in [0.2, 0.25) is 5.89 Å². The second kappa shape index (κ2) is 11.4. The number of carbonyl (C=O) groups is 1. The van der Waals surface area contributed by atoms with Crippen molar-refractivity contribution in [3.63, 3.8) is 0 Å². The van der Waals surface area contributed by atoms with Crippen molar-refractivity contribution in [2.75, 3.05) is 26.3 Å². The lowest BCUT2D eigenvalue weighted by Crippen LogP contribution is -2.53. The molecule has 1 amide bonds. The second-order valence-electron chi connectivity index (χ2n) is 13.3. The number of hydrogen-bond acceptors (Lipinski definition) is 7. The van der Waals surface area contributed by atoms with Crippen molar-refractivity contribution in [2.24, 2.45) is 11.8 Å². The molecule has 4 heterocycles. The predicted octanol–water partition coefficient (Wildman–Crippen LogP) is 6.28. The third kappa shape index (κ3) is 6.22. The van der Waals surface area contributed by atoms with Gasteiger partial charge in [0, 0.05) is 37.8 Å². The van der Waals surface area contributed by atoms with Gasteiger partial charge in [-0.1, -0.05) is 50.1 Å². The van der Waals surface area contributed by atoms with Crippen LogP contribution in [0.25, 0.3) is 0 Å². The molecule has 1 N–H and O–H groups in total. The van der Waals surface area contributed by atoms with Gasteiger partial charge in [0.25, 0.3) is 0 Å². The summed E-state index contributed by atoms with van der Waals surface area (Å²) in [6.07, 6.45) is 19.0. The molecule has 1 aromatic rings. The van der Waals surface area contributed by atoms with Crippen molar-refractivity contribution in [2.45, 2.75) is 133 Å². The Hall–Kier alpha value is -1.67. The van der Waals surface area contributed by atoms with Crippen molar-refractivity contribution in [1.29, 1.82) is 0 Å². The molecular weight excluding hydrogens is 480 g/mol. The fraction of sp³-hybridized carbons (Fsp3) is 0.900. The summed E-state index contributed by atoms with van der Waals surface area (Å²) in [5.41, 5.74) is -0.0514. The normalized spacial score (nSPS) is 32.2. The summed E-state index contributed by atoms with van der Waals surface area (Å²) in [4.78, 5) is 19.4. The van der Waals surface area contributed by atoms with Crippen LogP contribution in [-0.4, -0.2) is 58.6 Å². The van der Waals surface area contributed by atoms with Gasteiger partial charge in [0.15, 0.2) is 5.82 Å². The SMILES string of the molecule is CC1(OC(=O)N2CCC(c3noc(C4CC(C5CCOC5)CC5(CCCCCCCCC5)N4)n3)CC2)CC1. The Morgan fingerprint density at radius 2 is 1.68 bits per heavy atom. The van der Waals surface area contributed by atoms with Crippen molar-refractivity contribution >= 4 is 6.09 Å². The first kappa shape index (κ1) is 26.5. The van der Waals surface area contributed by atoms with Crippen LogP contribution in [0, 0.1) is 11.8 Å². The number of rotatable bonds is 4. The molecule has 5 fully saturated rings. The molecule has 6 rings (SSSR count). The fourth-order valence-corrected chi connectivity index (χ4v) is 7.53. The summed E-state index contributed by atoms with van der Waals surface area (Å²) < 4.78 is 17.5. The summed E-state index contributed by atoms with van der Waals surface area (Å²) in [6, 6.07) is 0.118. The first-order valence-electron chi connectivity index (χ1n) is 15.7. The molecule has 3 atom stereocenters. The highest BCUT2D eigenvalue weighted by atomic mass is 16.6. The van der Waals surface area contributed by atoms with Crippen LogP contribution in [0.1, 0.15) is 133 Å². The lowest BCUT2D eigenvalue weighted by Gasteiger charge is -2.47. The van der Waals surface area contributed by atoms with Crippen molar-refractivity contribution < 1.29 is 18.8 Å². The van der Waals surface area contributed by atoms with Crippen LogP contribution in [0.3, 0.4) is 0 Å². The monoisotopic (exact) mass is 528 g/mol. The van der Waals surface area contributed by atoms with Crippen LogP contribution in [0.15, 0.2) is 4.52 Å². The molecule has 0 bridgehead atoms. The van der Waals surface area contributed by atoms with Gasteiger partial charge in [-0.15, -0.1) is 0 Å². The Bertz CT molecular complexity index is 922. The van der Waals surface area contributed by atoms with Gasteiger partial charge < -0.3 is 24.2 Å². The third-order valence-electron chi connectivity index (χ3n) is 10.3. The smallest absolute Gasteiger partial charge is 0.410 e. The van der Waals surface area contributed by atoms with Crippen LogP contribution in [0.2, 0.25) is 0 Å². The van der Waals surface area contributed by atoms with E-state index in [9.17, 15) is 4.79 Å². The molecule has 2 saturated carbocycles. The molecule has 8 nitrogen and oxygen atoms in total. The molecular formula is C30H48N4O4. The van der Waals surface area contributed by atoms with E-state index in [0.29, 0.717) is 24.9 Å². The summed E-state index contributed by atoms with van der Waals surface area (Å²) in [7, 11) is 0. The maximum atomic E-state index is 12.5. The molecule has 1 spiro atoms. The van der Waals surface area contributed by atoms with E-state index in [-0.39, 0.29) is 29.2 Å². The number of nitrogens with one attached hydrogen (secondary N) is 1. The van der Waals surface area contributed by atoms with Crippen LogP contribution < -0.4 is 5.32 Å². The van der Waals surface area contributed by atoms with Gasteiger partial charge in [0.1, 0.15) is 5.60 Å². The molecule has 2 aliphatic carbocycles. The van der Waals surface area contributed by atoms with Crippen LogP contribution in [0.5, 0.6) is 0 Å². The van der Waals surface area contributed by atoms with Gasteiger partial charge >= 0.3 is 6.09 Å². The molecule has 38 heavy (non-hydrogen) atoms. The van der Waals surface area contributed by atoms with E-state index in [0.717, 1.165) is 57.0 Å². The zero-order valence-electron chi connectivity index (χ0n) is 23.4. The molecule has 0 aromatic carbocycles. The van der Waals surface area contributed by atoms with E-state index in [1.54, 1.807) is 0 Å². The number of nitrogens with zero attached hydrogens (tertiary/aromatic N) is 3. The predicted molar refractivity (Wildman–Crippen MR) is 144 cm³/mol. The Kier molecular flexibility index (Phi) is 7.99. The average Bonchev–Trinajstić information content (AvgIpc) is 3.34. The van der Waals surface area contributed by atoms with E-state index < -0.39 is 0 Å². The highest BCUT2D eigenvalue weighted by Crippen LogP contribution is 2.45. The fourth-order valence-electron chi connectivity index (χ4n) is 7.53. The summed E-state index contributed by atoms with van der Waals surface area (Å²) in [5.74, 6) is 3.11. The van der Waals surface area contributed by atoms with E-state index in [2.05, 4.69) is 10.5 Å². The lowest BCUT2D eigenvalue weighted by atomic mass is 9.69. The van der Waals surface area contributed by atoms with E-state index in [1.165, 1.54) is 70.6 Å². The van der Waals surface area contributed by atoms with Gasteiger partial charge in [-0.25, -0.2) is 4.79 Å². The highest BCUT2D eigenvalue weighted by molar-refractivity contribution is 5.68. The molecule has 3 saturated heterocycles. The van der Waals surface area contributed by atoms with Crippen molar-refractivity contribution in [3.05, 3.63) is 11.7 Å². The minimum atomic E-state index is -0.224. The maximum Gasteiger partial charge on any atom is 0.410 e. The van der Waals surface area contributed by atoms with Gasteiger partial charge in [0.05, 0.1) is 6.04 Å². The molecule has 1 aromatic heterocycles. The van der Waals surface area contributed by atoms with Gasteiger partial charge in [-0.05, 0) is 76.5 Å². The summed E-state index contributed by atoms with van der Waals surface area (Å²) >= 11 is 0. The van der Waals surface area contributed by atoms with E-state index in [4.69, 9.17) is 19.0 Å². The third-order valence-corrected chi connectivity index (χ3v) is 10.3. The zero-order valence-corrected chi connectivity index (χ0v) is 23.4. The minimum Gasteiger partial charge on any atom is -0.443 e. The largest absolute Gasteiger partial charge is 0.443 e. The van der Waals surface area contributed by atoms with E-state index >= 15 is 0 Å². The second-order valence-corrected chi connectivity index (χ2v) is 13.3. The molecule has 3 aliphatic heterocycles. The molecule has 0 radical (unpaired) electrons. The zero-order chi connectivity index (χ0) is 26.0. The van der Waals surface area contributed by atoms with Crippen LogP contribution in [0.4, 0.5) is 4.79 Å². The van der Waals surface area contributed by atoms with Crippen LogP contribution in [-0.2, 0) is 9.47 Å². The van der Waals surface area contributed by atoms with E-state index in [1.807, 2.05) is 11.8 Å². The first-order chi connectivity index (χ1) is 18.5. The molecule has 5 aliphatic rings. The molecule has 8 heteroatoms. The van der Waals surface area contributed by atoms with Crippen LogP contribution >= 0.6 is 0 Å². The Balaban J connectivity index is 1.12. The number of aromatic nitrogens is 2. The summed E-state index contributed by atoms with van der Waals surface area (Å²) in [6.45, 7) is 5.22. The number of likely N-dealkylation sites (tertiary alicyclic amines) is 1. The molecule has 212 valence electrons. The standard InChI is InChI=1S/C30H48N4O4/c1-29(14-15-29)37-28(35)34-16-9-22(10-17-34)26-31-27(38-33-26)25-19-24(23-11-18-36-21-23)20-30(32-25)12-7-5-3-2-4-6-8-13-30/h22-25,32H,2-21H2,1H3. The Labute approximate surface area is 228 Å². The lowest BCUT2D eigenvalue weighted by molar-refractivity contribution is 0.0517. The molecule has 3 unspecified atom stereocenters. The van der Waals surface area contributed by atoms with Crippen molar-refractivity contribution in [1.82, 2.24) is 20.4 Å². The number of hydrogen-bond donors (Lipinski definition) is 1.